The summed E-state index contributed by atoms with van der Waals surface area (Å²) < 4.78 is 28.4. The van der Waals surface area contributed by atoms with Crippen LogP contribution in [0.4, 0.5) is 8.78 Å². The Balaban J connectivity index is 2.44. The van der Waals surface area contributed by atoms with Gasteiger partial charge in [0.05, 0.1) is 25.4 Å². The molecule has 0 aliphatic heterocycles. The molecule has 1 unspecified atom stereocenters. The first-order chi connectivity index (χ1) is 6.24. The Labute approximate surface area is 73.6 Å². The largest absolute Gasteiger partial charge is 0.447 e. The molecule has 0 spiro atoms. The summed E-state index contributed by atoms with van der Waals surface area (Å²) in [5.74, 6) is 0.350. The van der Waals surface area contributed by atoms with Crippen molar-refractivity contribution in [2.45, 2.75) is 12.5 Å². The molecule has 0 amide bonds. The van der Waals surface area contributed by atoms with E-state index in [-0.39, 0.29) is 6.61 Å². The van der Waals surface area contributed by atoms with Gasteiger partial charge in [-0.2, -0.15) is 0 Å². The first-order valence-corrected chi connectivity index (χ1v) is 3.74. The van der Waals surface area contributed by atoms with Crippen LogP contribution in [-0.2, 0) is 0 Å². The summed E-state index contributed by atoms with van der Waals surface area (Å²) in [6.45, 7) is -0.784. The summed E-state index contributed by atoms with van der Waals surface area (Å²) in [6, 6.07) is -0.614. The summed E-state index contributed by atoms with van der Waals surface area (Å²) in [5, 5.41) is 11.3. The van der Waals surface area contributed by atoms with E-state index in [0.717, 1.165) is 0 Å². The smallest absolute Gasteiger partial charge is 0.250 e. The van der Waals surface area contributed by atoms with Crippen molar-refractivity contribution in [3.05, 3.63) is 18.4 Å². The van der Waals surface area contributed by atoms with Crippen LogP contribution >= 0.6 is 0 Å². The number of aromatic nitrogens is 1. The average molecular weight is 192 g/mol. The van der Waals surface area contributed by atoms with E-state index in [1.54, 1.807) is 0 Å². The maximum Gasteiger partial charge on any atom is 0.250 e. The lowest BCUT2D eigenvalue weighted by molar-refractivity contribution is 0.130. The quantitative estimate of drug-likeness (QED) is 0.715. The molecule has 0 bridgehead atoms. The van der Waals surface area contributed by atoms with Gasteiger partial charge in [-0.15, -0.1) is 0 Å². The van der Waals surface area contributed by atoms with Crippen LogP contribution in [0, 0.1) is 0 Å². The van der Waals surface area contributed by atoms with Gasteiger partial charge in [0, 0.05) is 0 Å². The van der Waals surface area contributed by atoms with Crippen molar-refractivity contribution in [2.24, 2.45) is 0 Å². The number of halogens is 2. The van der Waals surface area contributed by atoms with Gasteiger partial charge in [0.2, 0.25) is 0 Å². The average Bonchev–Trinajstić information content (AvgIpc) is 2.58. The van der Waals surface area contributed by atoms with Gasteiger partial charge in [-0.3, -0.25) is 5.32 Å². The second-order valence-electron chi connectivity index (χ2n) is 2.44. The Morgan fingerprint density at radius 2 is 2.38 bits per heavy atom. The predicted molar refractivity (Wildman–Crippen MR) is 40.3 cm³/mol. The van der Waals surface area contributed by atoms with Gasteiger partial charge in [0.1, 0.15) is 5.76 Å². The molecule has 0 radical (unpaired) electrons. The highest BCUT2D eigenvalue weighted by molar-refractivity contribution is 4.97. The Bertz CT molecular complexity index is 228. The van der Waals surface area contributed by atoms with Crippen molar-refractivity contribution in [1.29, 1.82) is 0 Å². The molecule has 0 fully saturated rings. The molecule has 1 rings (SSSR count). The van der Waals surface area contributed by atoms with Gasteiger partial charge < -0.3 is 9.52 Å². The molecule has 1 aromatic heterocycles. The fourth-order valence-electron chi connectivity index (χ4n) is 0.884. The van der Waals surface area contributed by atoms with Gasteiger partial charge in [0.25, 0.3) is 6.43 Å². The Morgan fingerprint density at radius 1 is 1.62 bits per heavy atom. The number of alkyl halides is 2. The van der Waals surface area contributed by atoms with Gasteiger partial charge in [-0.05, 0) is 0 Å². The molecule has 0 aromatic carbocycles. The van der Waals surface area contributed by atoms with E-state index in [2.05, 4.69) is 10.3 Å². The number of aliphatic hydroxyl groups excluding tert-OH is 1. The molecule has 1 aromatic rings. The monoisotopic (exact) mass is 192 g/mol. The van der Waals surface area contributed by atoms with Crippen LogP contribution in [0.3, 0.4) is 0 Å². The van der Waals surface area contributed by atoms with Crippen LogP contribution in [0.15, 0.2) is 17.0 Å². The van der Waals surface area contributed by atoms with Crippen LogP contribution in [-0.4, -0.2) is 29.7 Å². The minimum atomic E-state index is -2.45. The number of oxazole rings is 1. The molecular weight excluding hydrogens is 182 g/mol. The normalized spacial score (nSPS) is 13.5. The molecule has 1 heterocycles. The highest BCUT2D eigenvalue weighted by Gasteiger charge is 2.14. The van der Waals surface area contributed by atoms with E-state index in [1.165, 1.54) is 12.6 Å². The fraction of sp³-hybridized carbons (Fsp3) is 0.571. The van der Waals surface area contributed by atoms with Gasteiger partial charge in [0.15, 0.2) is 6.39 Å². The van der Waals surface area contributed by atoms with E-state index in [4.69, 9.17) is 9.52 Å². The minimum Gasteiger partial charge on any atom is -0.447 e. The van der Waals surface area contributed by atoms with E-state index < -0.39 is 19.0 Å². The van der Waals surface area contributed by atoms with Crippen molar-refractivity contribution >= 4 is 0 Å². The first-order valence-electron chi connectivity index (χ1n) is 3.74. The molecule has 0 aliphatic rings. The van der Waals surface area contributed by atoms with Crippen molar-refractivity contribution in [2.75, 3.05) is 13.2 Å². The zero-order chi connectivity index (χ0) is 9.68. The number of aliphatic hydroxyl groups is 1. The molecule has 6 heteroatoms. The standard InChI is InChI=1S/C7H10F2N2O2/c8-7(9)2-11-5(3-12)6-1-10-4-13-6/h1,4-5,7,11-12H,2-3H2. The van der Waals surface area contributed by atoms with E-state index in [0.29, 0.717) is 5.76 Å². The molecule has 0 aliphatic carbocycles. The molecular formula is C7H10F2N2O2. The number of rotatable bonds is 5. The second kappa shape index (κ2) is 4.88. The van der Waals surface area contributed by atoms with Gasteiger partial charge in [-0.25, -0.2) is 13.8 Å². The van der Waals surface area contributed by atoms with E-state index in [9.17, 15) is 8.78 Å². The summed E-state index contributed by atoms with van der Waals surface area (Å²) in [5.41, 5.74) is 0. The number of nitrogens with one attached hydrogen (secondary N) is 1. The molecule has 0 saturated heterocycles. The minimum absolute atomic E-state index is 0.304. The third-order valence-electron chi connectivity index (χ3n) is 1.50. The maximum atomic E-state index is 11.8. The molecule has 2 N–H and O–H groups in total. The van der Waals surface area contributed by atoms with Crippen LogP contribution in [0.5, 0.6) is 0 Å². The van der Waals surface area contributed by atoms with Gasteiger partial charge >= 0.3 is 0 Å². The first kappa shape index (κ1) is 10.1. The fourth-order valence-corrected chi connectivity index (χ4v) is 0.884. The van der Waals surface area contributed by atoms with Gasteiger partial charge in [-0.1, -0.05) is 0 Å². The summed E-state index contributed by atoms with van der Waals surface area (Å²) >= 11 is 0. The third kappa shape index (κ3) is 3.08. The summed E-state index contributed by atoms with van der Waals surface area (Å²) in [6.07, 6.45) is 0.110. The molecule has 13 heavy (non-hydrogen) atoms. The lowest BCUT2D eigenvalue weighted by Crippen LogP contribution is -2.28. The van der Waals surface area contributed by atoms with Crippen molar-refractivity contribution in [3.8, 4) is 0 Å². The zero-order valence-corrected chi connectivity index (χ0v) is 6.78. The Morgan fingerprint density at radius 3 is 2.85 bits per heavy atom. The molecule has 0 saturated carbocycles. The SMILES string of the molecule is OCC(NCC(F)F)c1cnco1. The topological polar surface area (TPSA) is 58.3 Å². The van der Waals surface area contributed by atoms with Crippen molar-refractivity contribution < 1.29 is 18.3 Å². The van der Waals surface area contributed by atoms with Crippen LogP contribution in [0.1, 0.15) is 11.8 Å². The molecule has 74 valence electrons. The maximum absolute atomic E-state index is 11.8. The number of nitrogens with zero attached hydrogens (tertiary/aromatic N) is 1. The second-order valence-corrected chi connectivity index (χ2v) is 2.44. The highest BCUT2D eigenvalue weighted by atomic mass is 19.3. The highest BCUT2D eigenvalue weighted by Crippen LogP contribution is 2.10. The van der Waals surface area contributed by atoms with Crippen molar-refractivity contribution in [3.63, 3.8) is 0 Å². The van der Waals surface area contributed by atoms with Crippen molar-refractivity contribution in [1.82, 2.24) is 10.3 Å². The zero-order valence-electron chi connectivity index (χ0n) is 6.78. The number of hydrogen-bond acceptors (Lipinski definition) is 4. The lowest BCUT2D eigenvalue weighted by atomic mass is 10.2. The molecule has 4 nitrogen and oxygen atoms in total. The van der Waals surface area contributed by atoms with Crippen LogP contribution < -0.4 is 5.32 Å². The van der Waals surface area contributed by atoms with E-state index >= 15 is 0 Å². The lowest BCUT2D eigenvalue weighted by Gasteiger charge is -2.12. The molecule has 1 atom stereocenters. The Hall–Kier alpha value is -1.01. The third-order valence-corrected chi connectivity index (χ3v) is 1.50. The van der Waals surface area contributed by atoms with Crippen LogP contribution in [0.25, 0.3) is 0 Å². The van der Waals surface area contributed by atoms with E-state index in [1.807, 2.05) is 0 Å². The van der Waals surface area contributed by atoms with Crippen LogP contribution in [0.2, 0.25) is 0 Å². The predicted octanol–water partition coefficient (Wildman–Crippen LogP) is 0.563. The summed E-state index contributed by atoms with van der Waals surface area (Å²) in [4.78, 5) is 3.61. The number of hydrogen-bond donors (Lipinski definition) is 2. The Kier molecular flexibility index (Phi) is 3.78. The summed E-state index contributed by atoms with van der Waals surface area (Å²) in [7, 11) is 0.